The minimum atomic E-state index is -0.776. The molecule has 7 heteroatoms. The van der Waals surface area contributed by atoms with E-state index in [9.17, 15) is 13.8 Å². The van der Waals surface area contributed by atoms with Gasteiger partial charge in [-0.3, -0.25) is 9.00 Å². The first-order valence-electron chi connectivity index (χ1n) is 7.12. The van der Waals surface area contributed by atoms with E-state index in [-0.39, 0.29) is 12.5 Å². The molecule has 0 aliphatic carbocycles. The molecular formula is C13H24N2O4S. The summed E-state index contributed by atoms with van der Waals surface area (Å²) in [6, 6.07) is -0.102. The molecule has 1 unspecified atom stereocenters. The third kappa shape index (κ3) is 6.36. The highest BCUT2D eigenvalue weighted by molar-refractivity contribution is 7.85. The molecule has 0 aromatic carbocycles. The Morgan fingerprint density at radius 2 is 1.95 bits per heavy atom. The Kier molecular flexibility index (Phi) is 7.58. The van der Waals surface area contributed by atoms with E-state index in [1.807, 2.05) is 6.92 Å². The Morgan fingerprint density at radius 1 is 1.30 bits per heavy atom. The van der Waals surface area contributed by atoms with E-state index >= 15 is 0 Å². The van der Waals surface area contributed by atoms with Crippen LogP contribution in [0.2, 0.25) is 0 Å². The molecule has 2 N–H and O–H groups in total. The Bertz CT molecular complexity index is 352. The first kappa shape index (κ1) is 16.9. The van der Waals surface area contributed by atoms with Crippen molar-refractivity contribution in [3.05, 3.63) is 0 Å². The lowest BCUT2D eigenvalue weighted by atomic mass is 9.97. The number of carboxylic acids is 1. The summed E-state index contributed by atoms with van der Waals surface area (Å²) in [5.74, 6) is 0.682. The minimum Gasteiger partial charge on any atom is -0.481 e. The number of hydrogen-bond acceptors (Lipinski definition) is 3. The number of rotatable bonds is 7. The van der Waals surface area contributed by atoms with Crippen LogP contribution in [-0.4, -0.2) is 57.4 Å². The maximum atomic E-state index is 11.9. The van der Waals surface area contributed by atoms with Gasteiger partial charge in [-0.25, -0.2) is 4.79 Å². The maximum Gasteiger partial charge on any atom is 0.317 e. The van der Waals surface area contributed by atoms with Crippen LogP contribution in [0, 0.1) is 5.92 Å². The fourth-order valence-electron chi connectivity index (χ4n) is 2.22. The molecule has 20 heavy (non-hydrogen) atoms. The zero-order chi connectivity index (χ0) is 15.0. The van der Waals surface area contributed by atoms with Crippen molar-refractivity contribution in [3.63, 3.8) is 0 Å². The number of carbonyl (C=O) groups is 2. The Balaban J connectivity index is 2.19. The van der Waals surface area contributed by atoms with Crippen LogP contribution in [0.25, 0.3) is 0 Å². The lowest BCUT2D eigenvalue weighted by molar-refractivity contribution is -0.137. The molecular weight excluding hydrogens is 280 g/mol. The summed E-state index contributed by atoms with van der Waals surface area (Å²) in [5.41, 5.74) is 0. The molecule has 1 saturated heterocycles. The summed E-state index contributed by atoms with van der Waals surface area (Å²) in [4.78, 5) is 24.1. The molecule has 0 spiro atoms. The van der Waals surface area contributed by atoms with E-state index in [1.54, 1.807) is 4.90 Å². The molecule has 116 valence electrons. The van der Waals surface area contributed by atoms with Crippen LogP contribution < -0.4 is 5.32 Å². The van der Waals surface area contributed by atoms with E-state index in [2.05, 4.69) is 5.32 Å². The van der Waals surface area contributed by atoms with Crippen molar-refractivity contribution in [2.45, 2.75) is 32.6 Å². The average Bonchev–Trinajstić information content (AvgIpc) is 2.42. The second kappa shape index (κ2) is 8.94. The molecule has 0 saturated carbocycles. The van der Waals surface area contributed by atoms with Crippen molar-refractivity contribution < 1.29 is 18.9 Å². The van der Waals surface area contributed by atoms with Gasteiger partial charge in [0.2, 0.25) is 0 Å². The molecule has 1 heterocycles. The van der Waals surface area contributed by atoms with Gasteiger partial charge in [-0.15, -0.1) is 0 Å². The maximum absolute atomic E-state index is 11.9. The van der Waals surface area contributed by atoms with Crippen molar-refractivity contribution in [2.24, 2.45) is 5.92 Å². The van der Waals surface area contributed by atoms with Gasteiger partial charge in [-0.05, 0) is 18.8 Å². The summed E-state index contributed by atoms with van der Waals surface area (Å²) in [7, 11) is -0.776. The predicted molar refractivity (Wildman–Crippen MR) is 78.1 cm³/mol. The standard InChI is InChI=1S/C13H24N2O4S/c1-2-11(3-4-12(16)17)5-6-14-13(18)15-7-9-20(19)10-8-15/h11H,2-10H2,1H3,(H,14,18)(H,16,17). The monoisotopic (exact) mass is 304 g/mol. The van der Waals surface area contributed by atoms with E-state index in [1.165, 1.54) is 0 Å². The molecule has 1 atom stereocenters. The van der Waals surface area contributed by atoms with Gasteiger partial charge in [-0.2, -0.15) is 0 Å². The van der Waals surface area contributed by atoms with E-state index in [0.717, 1.165) is 12.8 Å². The molecule has 1 aliphatic rings. The van der Waals surface area contributed by atoms with Crippen LogP contribution in [0.3, 0.4) is 0 Å². The second-order valence-corrected chi connectivity index (χ2v) is 6.76. The van der Waals surface area contributed by atoms with Crippen LogP contribution in [0.15, 0.2) is 0 Å². The quantitative estimate of drug-likeness (QED) is 0.736. The van der Waals surface area contributed by atoms with Gasteiger partial charge >= 0.3 is 12.0 Å². The summed E-state index contributed by atoms with van der Waals surface area (Å²) < 4.78 is 11.2. The molecule has 0 aromatic rings. The van der Waals surface area contributed by atoms with Gasteiger partial charge in [0.05, 0.1) is 0 Å². The van der Waals surface area contributed by atoms with Crippen LogP contribution >= 0.6 is 0 Å². The number of nitrogens with one attached hydrogen (secondary N) is 1. The van der Waals surface area contributed by atoms with Gasteiger partial charge in [-0.1, -0.05) is 13.3 Å². The predicted octanol–water partition coefficient (Wildman–Crippen LogP) is 1.04. The third-order valence-electron chi connectivity index (χ3n) is 3.64. The van der Waals surface area contributed by atoms with E-state index < -0.39 is 16.8 Å². The summed E-state index contributed by atoms with van der Waals surface area (Å²) >= 11 is 0. The van der Waals surface area contributed by atoms with Gasteiger partial charge in [0.25, 0.3) is 0 Å². The highest BCUT2D eigenvalue weighted by Crippen LogP contribution is 2.14. The Morgan fingerprint density at radius 3 is 2.50 bits per heavy atom. The molecule has 1 fully saturated rings. The molecule has 6 nitrogen and oxygen atoms in total. The number of amides is 2. The highest BCUT2D eigenvalue weighted by Gasteiger charge is 2.19. The number of nitrogens with zero attached hydrogens (tertiary/aromatic N) is 1. The first-order chi connectivity index (χ1) is 9.52. The summed E-state index contributed by atoms with van der Waals surface area (Å²) in [5, 5.41) is 11.5. The van der Waals surface area contributed by atoms with Crippen LogP contribution in [-0.2, 0) is 15.6 Å². The van der Waals surface area contributed by atoms with Crippen LogP contribution in [0.4, 0.5) is 4.79 Å². The van der Waals surface area contributed by atoms with Crippen molar-refractivity contribution in [1.29, 1.82) is 0 Å². The number of carboxylic acid groups (broad SMARTS) is 1. The Labute approximate surface area is 122 Å². The number of aliphatic carboxylic acids is 1. The topological polar surface area (TPSA) is 86.7 Å². The number of urea groups is 1. The van der Waals surface area contributed by atoms with E-state index in [0.29, 0.717) is 43.5 Å². The molecule has 1 aliphatic heterocycles. The highest BCUT2D eigenvalue weighted by atomic mass is 32.2. The molecule has 2 amide bonds. The average molecular weight is 304 g/mol. The molecule has 0 bridgehead atoms. The normalized spacial score (nSPS) is 17.8. The first-order valence-corrected chi connectivity index (χ1v) is 8.61. The molecule has 0 radical (unpaired) electrons. The third-order valence-corrected chi connectivity index (χ3v) is 4.91. The van der Waals surface area contributed by atoms with Crippen molar-refractivity contribution >= 4 is 22.8 Å². The minimum absolute atomic E-state index is 0.102. The van der Waals surface area contributed by atoms with E-state index in [4.69, 9.17) is 5.11 Å². The summed E-state index contributed by atoms with van der Waals surface area (Å²) in [6.07, 6.45) is 2.57. The SMILES string of the molecule is CCC(CCNC(=O)N1CCS(=O)CC1)CCC(=O)O. The molecule has 1 rings (SSSR count). The smallest absolute Gasteiger partial charge is 0.317 e. The second-order valence-electron chi connectivity index (χ2n) is 5.06. The van der Waals surface area contributed by atoms with Crippen LogP contribution in [0.1, 0.15) is 32.6 Å². The summed E-state index contributed by atoms with van der Waals surface area (Å²) in [6.45, 7) is 3.70. The van der Waals surface area contributed by atoms with Crippen molar-refractivity contribution in [1.82, 2.24) is 10.2 Å². The molecule has 0 aromatic heterocycles. The zero-order valence-electron chi connectivity index (χ0n) is 12.0. The fraction of sp³-hybridized carbons (Fsp3) is 0.846. The van der Waals surface area contributed by atoms with Crippen molar-refractivity contribution in [3.8, 4) is 0 Å². The van der Waals surface area contributed by atoms with Gasteiger partial charge in [0.15, 0.2) is 0 Å². The van der Waals surface area contributed by atoms with Crippen molar-refractivity contribution in [2.75, 3.05) is 31.1 Å². The zero-order valence-corrected chi connectivity index (χ0v) is 12.8. The van der Waals surface area contributed by atoms with Gasteiger partial charge in [0.1, 0.15) is 0 Å². The van der Waals surface area contributed by atoms with Gasteiger partial charge < -0.3 is 15.3 Å². The lowest BCUT2D eigenvalue weighted by Crippen LogP contribution is -2.47. The van der Waals surface area contributed by atoms with Crippen LogP contribution in [0.5, 0.6) is 0 Å². The largest absolute Gasteiger partial charge is 0.481 e. The van der Waals surface area contributed by atoms with Gasteiger partial charge in [0, 0.05) is 48.4 Å². The Hall–Kier alpha value is -1.11. The number of hydrogen-bond donors (Lipinski definition) is 2. The number of carbonyl (C=O) groups excluding carboxylic acids is 1. The lowest BCUT2D eigenvalue weighted by Gasteiger charge is -2.26. The fourth-order valence-corrected chi connectivity index (χ4v) is 3.27.